The molecule has 7 atom stereocenters. The Bertz CT molecular complexity index is 2850. The lowest BCUT2D eigenvalue weighted by Gasteiger charge is -2.51. The summed E-state index contributed by atoms with van der Waals surface area (Å²) in [6.07, 6.45) is 9.30. The van der Waals surface area contributed by atoms with E-state index in [4.69, 9.17) is 29.6 Å². The summed E-state index contributed by atoms with van der Waals surface area (Å²) in [5.74, 6) is -2.51. The maximum Gasteiger partial charge on any atom is 0.337 e. The minimum Gasteiger partial charge on any atom is -0.508 e. The standard InChI is InChI=1S/C52H58N4O10/c1-4-37(52(63)15-6-7-16-52)50(62)65-40-22-35-46(61)44-39(60)21-30(24-57)64-48(44)45-42-33-14-17-55-49(53)43(33)32(13-9-26-8-11-29(59)20-34(26)36(42)25-58)31-12-10-27-19-41(54-5-2)56-23-28(27)18-38(31)51(40,3)66-47(35)45/h4,8,11,14,17,19-21,23,31-32,36,38,40,42,57-59,61,63H,5-7,9-10,12-13,15-16,18,22,24-25H2,1-3H3,(H2,53,55)(H,54,56)/b37-4+/t31-,32+,36-,38+,40-,42+,51+/m1/s1. The monoisotopic (exact) mass is 898 g/mol. The van der Waals surface area contributed by atoms with Crippen molar-refractivity contribution in [2.45, 2.75) is 127 Å². The number of benzene rings is 2. The predicted octanol–water partition coefficient (Wildman–Crippen LogP) is 6.73. The molecule has 1 fully saturated rings. The molecule has 5 heterocycles. The van der Waals surface area contributed by atoms with Crippen LogP contribution >= 0.6 is 0 Å². The van der Waals surface area contributed by atoms with Crippen molar-refractivity contribution >= 4 is 28.6 Å². The number of aromatic hydroxyl groups is 2. The molecule has 0 amide bonds. The van der Waals surface area contributed by atoms with Gasteiger partial charge in [-0.2, -0.15) is 0 Å². The van der Waals surface area contributed by atoms with Gasteiger partial charge in [0, 0.05) is 65.9 Å². The fourth-order valence-corrected chi connectivity index (χ4v) is 12.7. The van der Waals surface area contributed by atoms with E-state index in [1.54, 1.807) is 31.3 Å². The number of rotatable bonds is 7. The van der Waals surface area contributed by atoms with Crippen molar-refractivity contribution in [3.63, 3.8) is 0 Å². The summed E-state index contributed by atoms with van der Waals surface area (Å²) in [6.45, 7) is 5.36. The summed E-state index contributed by atoms with van der Waals surface area (Å²) < 4.78 is 20.9. The van der Waals surface area contributed by atoms with Crippen LogP contribution in [0, 0.1) is 11.8 Å². The van der Waals surface area contributed by atoms with Gasteiger partial charge in [0.15, 0.2) is 5.43 Å². The first kappa shape index (κ1) is 43.9. The Labute approximate surface area is 382 Å². The number of aryl methyl sites for hydroxylation is 2. The number of fused-ring (bicyclic) bond motifs is 9. The lowest BCUT2D eigenvalue weighted by Crippen LogP contribution is -2.59. The Balaban J connectivity index is 1.32. The number of carbonyl (C=O) groups excluding carboxylic acids is 1. The van der Waals surface area contributed by atoms with Gasteiger partial charge in [-0.1, -0.05) is 25.0 Å². The fraction of sp³-hybridized carbons (Fsp3) is 0.462. The highest BCUT2D eigenvalue weighted by Crippen LogP contribution is 2.60. The number of aromatic nitrogens is 2. The van der Waals surface area contributed by atoms with Crippen LogP contribution in [0.4, 0.5) is 11.6 Å². The van der Waals surface area contributed by atoms with E-state index in [1.807, 2.05) is 32.2 Å². The van der Waals surface area contributed by atoms with Crippen LogP contribution in [0.5, 0.6) is 17.2 Å². The third-order valence-electron chi connectivity index (χ3n) is 15.8. The van der Waals surface area contributed by atoms with Crippen molar-refractivity contribution < 1.29 is 44.2 Å². The second-order valence-corrected chi connectivity index (χ2v) is 19.2. The molecule has 2 aromatic carbocycles. The Morgan fingerprint density at radius 2 is 1.79 bits per heavy atom. The van der Waals surface area contributed by atoms with Gasteiger partial charge in [-0.3, -0.25) is 4.79 Å². The number of nitrogens with one attached hydrogen (secondary N) is 1. The molecule has 5 aliphatic rings. The number of nitrogen functional groups attached to an aromatic ring is 1. The van der Waals surface area contributed by atoms with Gasteiger partial charge in [0.1, 0.15) is 63.9 Å². The third kappa shape index (κ3) is 6.93. The van der Waals surface area contributed by atoms with E-state index in [0.717, 1.165) is 47.0 Å². The van der Waals surface area contributed by atoms with Gasteiger partial charge in [0.2, 0.25) is 0 Å². The van der Waals surface area contributed by atoms with E-state index in [-0.39, 0.29) is 57.6 Å². The number of pyridine rings is 2. The summed E-state index contributed by atoms with van der Waals surface area (Å²) in [5.41, 5.74) is 9.70. The zero-order chi connectivity index (χ0) is 46.2. The first-order valence-corrected chi connectivity index (χ1v) is 23.4. The number of aliphatic hydroxyl groups is 3. The quantitative estimate of drug-likeness (QED) is 0.0664. The SMILES string of the molecule is C/C=C(\C(=O)O[C@@H]1Cc2c3c(c4oc(CO)cc(=O)c4c2O)[C@H]2c4ccnc(N)c4[C@@H](CCc4ccc(O)cc4[C@H]2CO)[C@H]2CCc4cc(NCC)ncc4C[C@@H]2[C@]1(C)O3)C1(O)CCCC1. The molecule has 0 radical (unpaired) electrons. The molecule has 1 saturated carbocycles. The van der Waals surface area contributed by atoms with Crippen molar-refractivity contribution in [3.8, 4) is 17.2 Å². The maximum absolute atomic E-state index is 14.8. The summed E-state index contributed by atoms with van der Waals surface area (Å²) >= 11 is 0. The smallest absolute Gasteiger partial charge is 0.337 e. The molecule has 14 heteroatoms. The van der Waals surface area contributed by atoms with Crippen molar-refractivity contribution in [2.24, 2.45) is 11.8 Å². The Morgan fingerprint density at radius 1 is 1.00 bits per heavy atom. The molecule has 346 valence electrons. The Kier molecular flexibility index (Phi) is 11.1. The summed E-state index contributed by atoms with van der Waals surface area (Å²) in [6, 6.07) is 10.4. The second-order valence-electron chi connectivity index (χ2n) is 19.2. The number of phenolic OH excluding ortho intramolecular Hbond substituents is 2. The lowest BCUT2D eigenvalue weighted by molar-refractivity contribution is -0.170. The van der Waals surface area contributed by atoms with E-state index >= 15 is 0 Å². The van der Waals surface area contributed by atoms with Crippen LogP contribution in [-0.4, -0.2) is 71.9 Å². The Hall–Kier alpha value is -5.96. The number of esters is 1. The number of nitrogens with zero attached hydrogens (tertiary/aromatic N) is 2. The lowest BCUT2D eigenvalue weighted by atomic mass is 9.62. The zero-order valence-corrected chi connectivity index (χ0v) is 37.6. The van der Waals surface area contributed by atoms with Crippen LogP contribution < -0.4 is 21.2 Å². The number of nitrogens with two attached hydrogens (primary N) is 1. The summed E-state index contributed by atoms with van der Waals surface area (Å²) in [5, 5.41) is 60.9. The van der Waals surface area contributed by atoms with Crippen molar-refractivity contribution in [3.05, 3.63) is 121 Å². The first-order chi connectivity index (χ1) is 31.8. The van der Waals surface area contributed by atoms with Gasteiger partial charge in [-0.15, -0.1) is 0 Å². The second kappa shape index (κ2) is 16.7. The average molecular weight is 899 g/mol. The van der Waals surface area contributed by atoms with E-state index in [1.165, 1.54) is 0 Å². The molecule has 0 unspecified atom stereocenters. The van der Waals surface area contributed by atoms with Gasteiger partial charge in [-0.05, 0) is 130 Å². The number of anilines is 2. The number of aliphatic hydroxyl groups excluding tert-OH is 2. The normalized spacial score (nSPS) is 26.3. The van der Waals surface area contributed by atoms with Gasteiger partial charge >= 0.3 is 5.97 Å². The largest absolute Gasteiger partial charge is 0.508 e. The van der Waals surface area contributed by atoms with E-state index in [2.05, 4.69) is 11.4 Å². The topological polar surface area (TPSA) is 231 Å². The molecule has 14 nitrogen and oxygen atoms in total. The number of carbonyl (C=O) groups is 1. The molecule has 3 aliphatic carbocycles. The van der Waals surface area contributed by atoms with Crippen LogP contribution in [-0.2, 0) is 41.8 Å². The number of hydrogen-bond donors (Lipinski definition) is 7. The minimum atomic E-state index is -1.37. The molecule has 10 rings (SSSR count). The van der Waals surface area contributed by atoms with Gasteiger partial charge < -0.3 is 50.5 Å². The van der Waals surface area contributed by atoms with Crippen LogP contribution in [0.3, 0.4) is 0 Å². The maximum atomic E-state index is 14.8. The Morgan fingerprint density at radius 3 is 2.53 bits per heavy atom. The highest BCUT2D eigenvalue weighted by atomic mass is 16.6. The minimum absolute atomic E-state index is 0.00982. The molecule has 4 bridgehead atoms. The van der Waals surface area contributed by atoms with Crippen LogP contribution in [0.25, 0.3) is 11.0 Å². The number of hydrogen-bond acceptors (Lipinski definition) is 14. The molecular weight excluding hydrogens is 841 g/mol. The molecule has 3 aromatic heterocycles. The molecule has 0 saturated heterocycles. The first-order valence-electron chi connectivity index (χ1n) is 23.4. The van der Waals surface area contributed by atoms with Gasteiger partial charge in [0.05, 0.1) is 17.8 Å². The van der Waals surface area contributed by atoms with Crippen molar-refractivity contribution in [1.82, 2.24) is 9.97 Å². The molecule has 2 aliphatic heterocycles. The van der Waals surface area contributed by atoms with E-state index in [0.29, 0.717) is 74.0 Å². The average Bonchev–Trinajstić information content (AvgIpc) is 3.66. The highest BCUT2D eigenvalue weighted by Gasteiger charge is 2.57. The van der Waals surface area contributed by atoms with Crippen LogP contribution in [0.15, 0.2) is 69.7 Å². The van der Waals surface area contributed by atoms with Gasteiger partial charge in [-0.25, -0.2) is 14.8 Å². The molecule has 8 N–H and O–H groups in total. The summed E-state index contributed by atoms with van der Waals surface area (Å²) in [4.78, 5) is 38.6. The summed E-state index contributed by atoms with van der Waals surface area (Å²) in [7, 11) is 0. The fourth-order valence-electron chi connectivity index (χ4n) is 12.7. The van der Waals surface area contributed by atoms with Crippen LogP contribution in [0.1, 0.15) is 127 Å². The number of phenols is 2. The molecule has 66 heavy (non-hydrogen) atoms. The van der Waals surface area contributed by atoms with Crippen LogP contribution in [0.2, 0.25) is 0 Å². The molecular formula is C52H58N4O10. The van der Waals surface area contributed by atoms with Crippen molar-refractivity contribution in [1.29, 1.82) is 0 Å². The molecule has 5 aromatic rings. The zero-order valence-electron chi connectivity index (χ0n) is 37.6. The highest BCUT2D eigenvalue weighted by molar-refractivity contribution is 5.93. The van der Waals surface area contributed by atoms with E-state index in [9.17, 15) is 35.1 Å². The number of allylic oxidation sites excluding steroid dienone is 1. The number of ether oxygens (including phenoxy) is 2. The molecule has 0 spiro atoms. The van der Waals surface area contributed by atoms with E-state index < -0.39 is 65.4 Å². The van der Waals surface area contributed by atoms with Crippen molar-refractivity contribution in [2.75, 3.05) is 24.2 Å². The predicted molar refractivity (Wildman–Crippen MR) is 247 cm³/mol. The van der Waals surface area contributed by atoms with Gasteiger partial charge in [0.25, 0.3) is 0 Å². The third-order valence-corrected chi connectivity index (χ3v) is 15.8.